The molecule has 0 amide bonds. The van der Waals surface area contributed by atoms with E-state index in [9.17, 15) is 5.11 Å². The Labute approximate surface area is 183 Å². The van der Waals surface area contributed by atoms with Crippen LogP contribution in [0.15, 0.2) is 40.7 Å². The van der Waals surface area contributed by atoms with Crippen LogP contribution >= 0.6 is 23.1 Å². The molecule has 158 valence electrons. The van der Waals surface area contributed by atoms with Gasteiger partial charge in [0, 0.05) is 11.4 Å². The molecule has 2 N–H and O–H groups in total. The molecular formula is C21H23N3O4S2. The fraction of sp³-hybridized carbons (Fsp3) is 0.333. The zero-order valence-electron chi connectivity index (χ0n) is 16.8. The van der Waals surface area contributed by atoms with Crippen molar-refractivity contribution in [2.75, 3.05) is 24.5 Å². The largest absolute Gasteiger partial charge is 0.454 e. The number of para-hydroxylation sites is 1. The molecule has 1 aliphatic heterocycles. The number of fused-ring (bicyclic) bond motifs is 1. The van der Waals surface area contributed by atoms with E-state index in [0.717, 1.165) is 43.3 Å². The number of aryl methyl sites for hydroxylation is 2. The lowest BCUT2D eigenvalue weighted by Crippen LogP contribution is -2.17. The fourth-order valence-corrected chi connectivity index (χ4v) is 4.68. The van der Waals surface area contributed by atoms with Gasteiger partial charge in [-0.15, -0.1) is 10.2 Å². The molecule has 30 heavy (non-hydrogen) atoms. The lowest BCUT2D eigenvalue weighted by atomic mass is 10.1. The van der Waals surface area contributed by atoms with Crippen molar-refractivity contribution in [3.05, 3.63) is 53.1 Å². The van der Waals surface area contributed by atoms with Crippen molar-refractivity contribution in [3.63, 3.8) is 0 Å². The molecule has 9 heteroatoms. The van der Waals surface area contributed by atoms with Crippen LogP contribution in [0.5, 0.6) is 11.5 Å². The molecule has 0 saturated carbocycles. The van der Waals surface area contributed by atoms with Crippen molar-refractivity contribution in [2.24, 2.45) is 0 Å². The Morgan fingerprint density at radius 3 is 2.80 bits per heavy atom. The predicted octanol–water partition coefficient (Wildman–Crippen LogP) is 4.30. The van der Waals surface area contributed by atoms with Gasteiger partial charge in [0.1, 0.15) is 0 Å². The number of thioether (sulfide) groups is 1. The van der Waals surface area contributed by atoms with Gasteiger partial charge >= 0.3 is 0 Å². The Kier molecular flexibility index (Phi) is 6.73. The van der Waals surface area contributed by atoms with Crippen molar-refractivity contribution in [2.45, 2.75) is 30.9 Å². The van der Waals surface area contributed by atoms with Crippen molar-refractivity contribution in [1.82, 2.24) is 10.2 Å². The molecule has 0 fully saturated rings. The minimum Gasteiger partial charge on any atom is -0.454 e. The topological polar surface area (TPSA) is 85.7 Å². The summed E-state index contributed by atoms with van der Waals surface area (Å²) in [4.78, 5) is 0. The highest BCUT2D eigenvalue weighted by molar-refractivity contribution is 8.01. The van der Waals surface area contributed by atoms with Gasteiger partial charge in [-0.25, -0.2) is 0 Å². The van der Waals surface area contributed by atoms with Crippen molar-refractivity contribution in [1.29, 1.82) is 0 Å². The number of anilines is 2. The van der Waals surface area contributed by atoms with E-state index in [4.69, 9.17) is 14.2 Å². The minimum absolute atomic E-state index is 0.244. The molecular weight excluding hydrogens is 422 g/mol. The van der Waals surface area contributed by atoms with Gasteiger partial charge < -0.3 is 24.6 Å². The summed E-state index contributed by atoms with van der Waals surface area (Å²) in [5.41, 5.74) is 4.36. The van der Waals surface area contributed by atoms with E-state index in [1.54, 1.807) is 0 Å². The summed E-state index contributed by atoms with van der Waals surface area (Å²) in [7, 11) is 0. The van der Waals surface area contributed by atoms with Gasteiger partial charge in [0.15, 0.2) is 15.8 Å². The fourth-order valence-electron chi connectivity index (χ4n) is 3.00. The highest BCUT2D eigenvalue weighted by atomic mass is 32.2. The number of aromatic nitrogens is 2. The molecule has 1 aromatic heterocycles. The van der Waals surface area contributed by atoms with Crippen LogP contribution in [-0.2, 0) is 11.3 Å². The first-order chi connectivity index (χ1) is 14.6. The summed E-state index contributed by atoms with van der Waals surface area (Å²) in [6.07, 6.45) is -0.595. The smallest absolute Gasteiger partial charge is 0.231 e. The molecule has 0 unspecified atom stereocenters. The van der Waals surface area contributed by atoms with Gasteiger partial charge in [-0.05, 0) is 42.7 Å². The molecule has 2 heterocycles. The average Bonchev–Trinajstić information content (AvgIpc) is 3.38. The summed E-state index contributed by atoms with van der Waals surface area (Å²) >= 11 is 2.94. The molecule has 1 aliphatic rings. The Bertz CT molecular complexity index is 991. The minimum atomic E-state index is -0.595. The lowest BCUT2D eigenvalue weighted by Gasteiger charge is -2.10. The maximum Gasteiger partial charge on any atom is 0.231 e. The highest BCUT2D eigenvalue weighted by Crippen LogP contribution is 2.33. The Morgan fingerprint density at radius 2 is 1.97 bits per heavy atom. The number of hydrogen-bond acceptors (Lipinski definition) is 9. The van der Waals surface area contributed by atoms with Gasteiger partial charge in [0.2, 0.25) is 11.9 Å². The van der Waals surface area contributed by atoms with E-state index in [0.29, 0.717) is 12.4 Å². The first-order valence-corrected chi connectivity index (χ1v) is 11.3. The quantitative estimate of drug-likeness (QED) is 0.472. The maximum atomic E-state index is 10.2. The first-order valence-electron chi connectivity index (χ1n) is 9.52. The van der Waals surface area contributed by atoms with Gasteiger partial charge in [0.25, 0.3) is 0 Å². The van der Waals surface area contributed by atoms with Gasteiger partial charge in [-0.3, -0.25) is 0 Å². The highest BCUT2D eigenvalue weighted by Gasteiger charge is 2.14. The van der Waals surface area contributed by atoms with Crippen LogP contribution in [0.1, 0.15) is 16.7 Å². The SMILES string of the molecule is Cc1cccc(C)c1Nc1nnc(SC[C@@H](O)COCc2ccc3c(c2)OCO3)s1. The predicted molar refractivity (Wildman–Crippen MR) is 118 cm³/mol. The number of nitrogens with one attached hydrogen (secondary N) is 1. The Balaban J connectivity index is 1.21. The van der Waals surface area contributed by atoms with Gasteiger partial charge in [-0.2, -0.15) is 0 Å². The zero-order valence-corrected chi connectivity index (χ0v) is 18.4. The molecule has 4 rings (SSSR count). The molecule has 7 nitrogen and oxygen atoms in total. The third-order valence-electron chi connectivity index (χ3n) is 4.53. The first kappa shape index (κ1) is 20.9. The molecule has 0 aliphatic carbocycles. The van der Waals surface area contributed by atoms with Crippen LogP contribution in [0.4, 0.5) is 10.8 Å². The number of nitrogens with zero attached hydrogens (tertiary/aromatic N) is 2. The van der Waals surface area contributed by atoms with Crippen molar-refractivity contribution < 1.29 is 19.3 Å². The van der Waals surface area contributed by atoms with Crippen molar-refractivity contribution in [3.8, 4) is 11.5 Å². The lowest BCUT2D eigenvalue weighted by molar-refractivity contribution is 0.0397. The number of hydrogen-bond donors (Lipinski definition) is 2. The number of aliphatic hydroxyl groups excluding tert-OH is 1. The Morgan fingerprint density at radius 1 is 1.17 bits per heavy atom. The zero-order chi connectivity index (χ0) is 20.9. The van der Waals surface area contributed by atoms with E-state index < -0.39 is 6.10 Å². The number of benzene rings is 2. The molecule has 0 spiro atoms. The monoisotopic (exact) mass is 445 g/mol. The van der Waals surface area contributed by atoms with Crippen LogP contribution in [-0.4, -0.2) is 40.6 Å². The maximum absolute atomic E-state index is 10.2. The van der Waals surface area contributed by atoms with Gasteiger partial charge in [0.05, 0.1) is 19.3 Å². The second-order valence-electron chi connectivity index (χ2n) is 6.93. The van der Waals surface area contributed by atoms with Crippen LogP contribution in [0, 0.1) is 13.8 Å². The van der Waals surface area contributed by atoms with Crippen molar-refractivity contribution >= 4 is 33.9 Å². The number of aliphatic hydroxyl groups is 1. The van der Waals surface area contributed by atoms with Crippen LogP contribution in [0.3, 0.4) is 0 Å². The molecule has 0 bridgehead atoms. The standard InChI is InChI=1S/C21H23N3O4S2/c1-13-4-3-5-14(2)19(13)22-20-23-24-21(30-20)29-11-16(25)10-26-9-15-6-7-17-18(8-15)28-12-27-17/h3-8,16,25H,9-12H2,1-2H3,(H,22,23)/t16-/m0/s1. The summed E-state index contributed by atoms with van der Waals surface area (Å²) in [6.45, 7) is 5.02. The third kappa shape index (κ3) is 5.23. The molecule has 3 aromatic rings. The third-order valence-corrected chi connectivity index (χ3v) is 6.65. The van der Waals surface area contributed by atoms with E-state index in [1.807, 2.05) is 24.3 Å². The van der Waals surface area contributed by atoms with E-state index in [-0.39, 0.29) is 13.4 Å². The number of rotatable bonds is 9. The molecule has 0 radical (unpaired) electrons. The van der Waals surface area contributed by atoms with Crippen LogP contribution in [0.2, 0.25) is 0 Å². The summed E-state index contributed by atoms with van der Waals surface area (Å²) in [6, 6.07) is 11.9. The van der Waals surface area contributed by atoms with E-state index in [1.165, 1.54) is 23.1 Å². The van der Waals surface area contributed by atoms with E-state index >= 15 is 0 Å². The Hall–Kier alpha value is -2.33. The molecule has 1 atom stereocenters. The second kappa shape index (κ2) is 9.65. The molecule has 2 aromatic carbocycles. The summed E-state index contributed by atoms with van der Waals surface area (Å²) in [5.74, 6) is 1.96. The average molecular weight is 446 g/mol. The second-order valence-corrected chi connectivity index (χ2v) is 9.18. The van der Waals surface area contributed by atoms with E-state index in [2.05, 4.69) is 41.5 Å². The number of ether oxygens (including phenoxy) is 3. The van der Waals surface area contributed by atoms with Crippen LogP contribution in [0.25, 0.3) is 0 Å². The normalized spacial score (nSPS) is 13.4. The van der Waals surface area contributed by atoms with Gasteiger partial charge in [-0.1, -0.05) is 47.4 Å². The molecule has 0 saturated heterocycles. The van der Waals surface area contributed by atoms with Crippen LogP contribution < -0.4 is 14.8 Å². The summed E-state index contributed by atoms with van der Waals surface area (Å²) < 4.78 is 17.1. The summed E-state index contributed by atoms with van der Waals surface area (Å²) in [5, 5.41) is 22.7.